The minimum atomic E-state index is -0.389. The number of hydrogen-bond donors (Lipinski definition) is 0. The number of nitrogens with zero attached hydrogens (tertiary/aromatic N) is 2. The predicted molar refractivity (Wildman–Crippen MR) is 29.7 cm³/mol. The Morgan fingerprint density at radius 3 is 2.38 bits per heavy atom. The maximum absolute atomic E-state index is 12.2. The van der Waals surface area contributed by atoms with Crippen molar-refractivity contribution in [2.24, 2.45) is 0 Å². The van der Waals surface area contributed by atoms with Gasteiger partial charge in [-0.05, 0) is 15.9 Å². The largest absolute Gasteiger partial charge is 0.204 e. The summed E-state index contributed by atoms with van der Waals surface area (Å²) in [6.45, 7) is 0. The van der Waals surface area contributed by atoms with Crippen molar-refractivity contribution < 1.29 is 4.39 Å². The van der Waals surface area contributed by atoms with Crippen LogP contribution in [0, 0.1) is 5.82 Å². The fourth-order valence-corrected chi connectivity index (χ4v) is 0.485. The summed E-state index contributed by atoms with van der Waals surface area (Å²) in [5, 5.41) is 6.70. The van der Waals surface area contributed by atoms with Crippen LogP contribution in [0.4, 0.5) is 4.39 Å². The fourth-order valence-electron chi connectivity index (χ4n) is 0.291. The normalized spacial score (nSPS) is 9.25. The molecule has 42 valence electrons. The first kappa shape index (κ1) is 5.62. The number of halogens is 2. The van der Waals surface area contributed by atoms with Crippen molar-refractivity contribution in [1.29, 1.82) is 0 Å². The Hall–Kier alpha value is -0.510. The van der Waals surface area contributed by atoms with E-state index in [9.17, 15) is 4.39 Å². The topological polar surface area (TPSA) is 25.8 Å². The Bertz CT molecular complexity index is 170. The van der Waals surface area contributed by atoms with Gasteiger partial charge in [-0.15, -0.1) is 0 Å². The van der Waals surface area contributed by atoms with Crippen LogP contribution in [-0.4, -0.2) is 10.2 Å². The molecule has 0 unspecified atom stereocenters. The lowest BCUT2D eigenvalue weighted by Crippen LogP contribution is -1.81. The minimum absolute atomic E-state index is 0.340. The van der Waals surface area contributed by atoms with Gasteiger partial charge >= 0.3 is 0 Å². The van der Waals surface area contributed by atoms with Gasteiger partial charge in [-0.1, -0.05) is 0 Å². The van der Waals surface area contributed by atoms with Crippen molar-refractivity contribution in [2.45, 2.75) is 0 Å². The van der Waals surface area contributed by atoms with Crippen molar-refractivity contribution in [3.63, 3.8) is 0 Å². The smallest absolute Gasteiger partial charge is 0.159 e. The highest BCUT2D eigenvalue weighted by molar-refractivity contribution is 9.10. The van der Waals surface area contributed by atoms with Crippen LogP contribution in [0.1, 0.15) is 0 Å². The summed E-state index contributed by atoms with van der Waals surface area (Å²) in [6, 6.07) is 0. The van der Waals surface area contributed by atoms with Crippen molar-refractivity contribution >= 4 is 15.9 Å². The molecule has 8 heavy (non-hydrogen) atoms. The Balaban J connectivity index is 3.13. The van der Waals surface area contributed by atoms with Crippen molar-refractivity contribution in [3.8, 4) is 0 Å². The van der Waals surface area contributed by atoms with Gasteiger partial charge in [-0.25, -0.2) is 4.39 Å². The molecule has 0 aliphatic heterocycles. The van der Waals surface area contributed by atoms with E-state index in [2.05, 4.69) is 26.1 Å². The van der Waals surface area contributed by atoms with Gasteiger partial charge in [-0.2, -0.15) is 10.2 Å². The van der Waals surface area contributed by atoms with Gasteiger partial charge < -0.3 is 0 Å². The summed E-state index contributed by atoms with van der Waals surface area (Å²) in [5.74, 6) is -0.389. The third-order valence-corrected chi connectivity index (χ3v) is 1.22. The highest BCUT2D eigenvalue weighted by Gasteiger charge is 1.93. The molecule has 0 bridgehead atoms. The standard InChI is InChI=1S/C4H2BrFN2/c5-3-1-7-8-2-4(3)6/h1-2H. The van der Waals surface area contributed by atoms with E-state index in [1.165, 1.54) is 6.20 Å². The lowest BCUT2D eigenvalue weighted by atomic mass is 10.6. The van der Waals surface area contributed by atoms with E-state index in [1.54, 1.807) is 0 Å². The zero-order valence-corrected chi connectivity index (χ0v) is 5.39. The molecular formula is C4H2BrFN2. The molecule has 0 atom stereocenters. The van der Waals surface area contributed by atoms with Crippen LogP contribution in [-0.2, 0) is 0 Å². The van der Waals surface area contributed by atoms with Crippen molar-refractivity contribution in [3.05, 3.63) is 22.7 Å². The van der Waals surface area contributed by atoms with Crippen LogP contribution in [0.25, 0.3) is 0 Å². The highest BCUT2D eigenvalue weighted by Crippen LogP contribution is 2.09. The Kier molecular flexibility index (Phi) is 1.53. The maximum Gasteiger partial charge on any atom is 0.159 e. The molecule has 0 amide bonds. The zero-order valence-electron chi connectivity index (χ0n) is 3.81. The van der Waals surface area contributed by atoms with Gasteiger partial charge in [0.05, 0.1) is 16.9 Å². The van der Waals surface area contributed by atoms with Gasteiger partial charge in [0, 0.05) is 0 Å². The maximum atomic E-state index is 12.2. The molecule has 0 saturated carbocycles. The van der Waals surface area contributed by atoms with Crippen LogP contribution in [0.15, 0.2) is 16.9 Å². The summed E-state index contributed by atoms with van der Waals surface area (Å²) >= 11 is 2.92. The quantitative estimate of drug-likeness (QED) is 0.598. The van der Waals surface area contributed by atoms with E-state index in [1.807, 2.05) is 0 Å². The van der Waals surface area contributed by atoms with Crippen LogP contribution < -0.4 is 0 Å². The molecule has 1 heterocycles. The van der Waals surface area contributed by atoms with Gasteiger partial charge in [-0.3, -0.25) is 0 Å². The average Bonchev–Trinajstić information content (AvgIpc) is 1.77. The zero-order chi connectivity index (χ0) is 5.98. The monoisotopic (exact) mass is 176 g/mol. The number of rotatable bonds is 0. The molecule has 0 aromatic carbocycles. The lowest BCUT2D eigenvalue weighted by Gasteiger charge is -1.85. The average molecular weight is 177 g/mol. The Morgan fingerprint density at radius 2 is 2.00 bits per heavy atom. The number of aromatic nitrogens is 2. The second-order valence-corrected chi connectivity index (χ2v) is 2.04. The molecule has 1 rings (SSSR count). The second-order valence-electron chi connectivity index (χ2n) is 1.19. The van der Waals surface area contributed by atoms with Gasteiger partial charge in [0.1, 0.15) is 0 Å². The van der Waals surface area contributed by atoms with Gasteiger partial charge in [0.25, 0.3) is 0 Å². The third kappa shape index (κ3) is 1.01. The molecule has 0 radical (unpaired) electrons. The molecule has 0 aliphatic carbocycles. The molecule has 0 saturated heterocycles. The van der Waals surface area contributed by atoms with E-state index in [0.717, 1.165) is 6.20 Å². The fraction of sp³-hybridized carbons (Fsp3) is 0. The van der Waals surface area contributed by atoms with Gasteiger partial charge in [0.15, 0.2) is 5.82 Å². The van der Waals surface area contributed by atoms with E-state index in [4.69, 9.17) is 0 Å². The first-order valence-corrected chi connectivity index (χ1v) is 2.71. The van der Waals surface area contributed by atoms with Crippen molar-refractivity contribution in [1.82, 2.24) is 10.2 Å². The number of hydrogen-bond acceptors (Lipinski definition) is 2. The SMILES string of the molecule is Fc1cnncc1Br. The summed E-state index contributed by atoms with van der Waals surface area (Å²) in [5.41, 5.74) is 0. The Morgan fingerprint density at radius 1 is 1.38 bits per heavy atom. The summed E-state index contributed by atoms with van der Waals surface area (Å²) < 4.78 is 12.5. The van der Waals surface area contributed by atoms with E-state index in [0.29, 0.717) is 4.47 Å². The molecule has 1 aromatic rings. The molecule has 0 aliphatic rings. The molecular weight excluding hydrogens is 175 g/mol. The third-order valence-electron chi connectivity index (χ3n) is 0.637. The van der Waals surface area contributed by atoms with E-state index >= 15 is 0 Å². The molecule has 4 heteroatoms. The summed E-state index contributed by atoms with van der Waals surface area (Å²) in [6.07, 6.45) is 2.35. The molecule has 0 N–H and O–H groups in total. The lowest BCUT2D eigenvalue weighted by molar-refractivity contribution is 0.607. The first-order chi connectivity index (χ1) is 3.80. The molecule has 1 aromatic heterocycles. The minimum Gasteiger partial charge on any atom is -0.204 e. The van der Waals surface area contributed by atoms with Crippen LogP contribution in [0.3, 0.4) is 0 Å². The predicted octanol–water partition coefficient (Wildman–Crippen LogP) is 1.38. The first-order valence-electron chi connectivity index (χ1n) is 1.92. The molecule has 2 nitrogen and oxygen atoms in total. The summed E-state index contributed by atoms with van der Waals surface area (Å²) in [7, 11) is 0. The van der Waals surface area contributed by atoms with E-state index < -0.39 is 0 Å². The molecule has 0 fully saturated rings. The van der Waals surface area contributed by atoms with Crippen LogP contribution in [0.5, 0.6) is 0 Å². The highest BCUT2D eigenvalue weighted by atomic mass is 79.9. The van der Waals surface area contributed by atoms with Crippen LogP contribution >= 0.6 is 15.9 Å². The van der Waals surface area contributed by atoms with Crippen LogP contribution in [0.2, 0.25) is 0 Å². The van der Waals surface area contributed by atoms with E-state index in [-0.39, 0.29) is 5.82 Å². The second kappa shape index (κ2) is 2.17. The molecule has 0 spiro atoms. The Labute approximate surface area is 53.9 Å². The summed E-state index contributed by atoms with van der Waals surface area (Å²) in [4.78, 5) is 0. The van der Waals surface area contributed by atoms with Crippen molar-refractivity contribution in [2.75, 3.05) is 0 Å². The van der Waals surface area contributed by atoms with Gasteiger partial charge in [0.2, 0.25) is 0 Å².